The Morgan fingerprint density at radius 1 is 1.13 bits per heavy atom. The molecule has 0 spiro atoms. The van der Waals surface area contributed by atoms with Gasteiger partial charge in [0, 0.05) is 0 Å². The number of hydrogen-bond acceptors (Lipinski definition) is 3. The van der Waals surface area contributed by atoms with Crippen molar-refractivity contribution in [2.24, 2.45) is 0 Å². The average molecular weight is 209 g/mol. The molecule has 0 aromatic heterocycles. The van der Waals surface area contributed by atoms with Crippen LogP contribution in [0.2, 0.25) is 0 Å². The van der Waals surface area contributed by atoms with E-state index in [0.29, 0.717) is 16.2 Å². The van der Waals surface area contributed by atoms with E-state index in [1.165, 1.54) is 12.1 Å². The number of hydroxylamine groups is 2. The van der Waals surface area contributed by atoms with Crippen LogP contribution in [0.25, 0.3) is 0 Å². The van der Waals surface area contributed by atoms with Crippen LogP contribution in [0.15, 0.2) is 24.3 Å². The first-order valence-corrected chi connectivity index (χ1v) is 4.42. The van der Waals surface area contributed by atoms with Crippen LogP contribution >= 0.6 is 0 Å². The summed E-state index contributed by atoms with van der Waals surface area (Å²) in [6.45, 7) is -1.04. The van der Waals surface area contributed by atoms with Gasteiger partial charge in [0.25, 0.3) is 11.8 Å². The first-order valence-electron chi connectivity index (χ1n) is 4.42. The molecule has 1 aliphatic heterocycles. The van der Waals surface area contributed by atoms with Gasteiger partial charge in [-0.15, -0.1) is 5.06 Å². The lowest BCUT2D eigenvalue weighted by Crippen LogP contribution is -2.30. The van der Waals surface area contributed by atoms with Crippen molar-refractivity contribution in [2.45, 2.75) is 0 Å². The number of hydrogen-bond donors (Lipinski definition) is 0. The van der Waals surface area contributed by atoms with Crippen molar-refractivity contribution in [3.05, 3.63) is 35.4 Å². The molecule has 0 saturated carbocycles. The highest BCUT2D eigenvalue weighted by Gasteiger charge is 2.36. The van der Waals surface area contributed by atoms with Crippen molar-refractivity contribution in [3.8, 4) is 0 Å². The summed E-state index contributed by atoms with van der Waals surface area (Å²) >= 11 is 0. The second-order valence-electron chi connectivity index (χ2n) is 2.97. The Balaban J connectivity index is 2.29. The average Bonchev–Trinajstić information content (AvgIpc) is 2.51. The molecule has 0 N–H and O–H groups in total. The van der Waals surface area contributed by atoms with E-state index in [0.717, 1.165) is 0 Å². The smallest absolute Gasteiger partial charge is 0.266 e. The molecule has 0 fully saturated rings. The highest BCUT2D eigenvalue weighted by atomic mass is 19.1. The highest BCUT2D eigenvalue weighted by Crippen LogP contribution is 2.22. The van der Waals surface area contributed by atoms with Gasteiger partial charge in [0.1, 0.15) is 13.3 Å². The van der Waals surface area contributed by atoms with Gasteiger partial charge >= 0.3 is 0 Å². The number of carbonyl (C=O) groups excluding carboxylic acids is 2. The van der Waals surface area contributed by atoms with Gasteiger partial charge in [0.05, 0.1) is 11.1 Å². The van der Waals surface area contributed by atoms with E-state index >= 15 is 0 Å². The molecular weight excluding hydrogens is 201 g/mol. The number of fused-ring (bicyclic) bond motifs is 1. The number of nitrogens with zero attached hydrogens (tertiary/aromatic N) is 1. The lowest BCUT2D eigenvalue weighted by molar-refractivity contribution is -0.0941. The summed E-state index contributed by atoms with van der Waals surface area (Å²) in [4.78, 5) is 27.9. The molecule has 0 bridgehead atoms. The molecule has 0 atom stereocenters. The topological polar surface area (TPSA) is 46.6 Å². The number of carbonyl (C=O) groups is 2. The molecule has 0 saturated heterocycles. The molecule has 0 aliphatic carbocycles. The summed E-state index contributed by atoms with van der Waals surface area (Å²) in [6, 6.07) is 6.38. The van der Waals surface area contributed by atoms with Crippen LogP contribution in [0.1, 0.15) is 20.7 Å². The van der Waals surface area contributed by atoms with Crippen molar-refractivity contribution in [2.75, 3.05) is 13.3 Å². The van der Waals surface area contributed by atoms with Crippen molar-refractivity contribution < 1.29 is 18.8 Å². The van der Waals surface area contributed by atoms with Gasteiger partial charge in [-0.3, -0.25) is 14.4 Å². The largest absolute Gasteiger partial charge is 0.285 e. The molecule has 78 valence electrons. The van der Waals surface area contributed by atoms with E-state index in [1.807, 2.05) is 0 Å². The SMILES string of the molecule is O=C1c2ccccc2C(=O)N1OCCF. The second-order valence-corrected chi connectivity index (χ2v) is 2.97. The Kier molecular flexibility index (Phi) is 2.47. The van der Waals surface area contributed by atoms with E-state index in [-0.39, 0.29) is 6.61 Å². The zero-order valence-electron chi connectivity index (χ0n) is 7.77. The molecule has 0 radical (unpaired) electrons. The molecule has 15 heavy (non-hydrogen) atoms. The number of rotatable bonds is 3. The molecule has 1 aliphatic rings. The van der Waals surface area contributed by atoms with E-state index in [4.69, 9.17) is 4.84 Å². The predicted molar refractivity (Wildman–Crippen MR) is 48.9 cm³/mol. The van der Waals surface area contributed by atoms with Crippen LogP contribution in [0.3, 0.4) is 0 Å². The van der Waals surface area contributed by atoms with Crippen molar-refractivity contribution in [1.29, 1.82) is 0 Å². The monoisotopic (exact) mass is 209 g/mol. The Hall–Kier alpha value is -1.75. The van der Waals surface area contributed by atoms with Gasteiger partial charge in [-0.25, -0.2) is 4.39 Å². The summed E-state index contributed by atoms with van der Waals surface area (Å²) < 4.78 is 11.9. The standard InChI is InChI=1S/C10H8FNO3/c11-5-6-15-12-9(13)7-3-1-2-4-8(7)10(12)14/h1-4H,5-6H2. The van der Waals surface area contributed by atoms with Crippen molar-refractivity contribution in [3.63, 3.8) is 0 Å². The van der Waals surface area contributed by atoms with Gasteiger partial charge in [0.2, 0.25) is 0 Å². The van der Waals surface area contributed by atoms with Gasteiger partial charge < -0.3 is 0 Å². The lowest BCUT2D eigenvalue weighted by atomic mass is 10.1. The fourth-order valence-electron chi connectivity index (χ4n) is 1.41. The summed E-state index contributed by atoms with van der Waals surface area (Å²) in [7, 11) is 0. The Morgan fingerprint density at radius 2 is 1.67 bits per heavy atom. The Bertz CT molecular complexity index is 384. The van der Waals surface area contributed by atoms with Gasteiger partial charge in [-0.2, -0.15) is 0 Å². The van der Waals surface area contributed by atoms with E-state index in [2.05, 4.69) is 0 Å². The van der Waals surface area contributed by atoms with Crippen LogP contribution in [-0.4, -0.2) is 30.2 Å². The molecule has 2 rings (SSSR count). The number of imide groups is 1. The van der Waals surface area contributed by atoms with E-state index in [1.54, 1.807) is 12.1 Å². The fourth-order valence-corrected chi connectivity index (χ4v) is 1.41. The predicted octanol–water partition coefficient (Wildman–Crippen LogP) is 1.18. The molecule has 1 aromatic rings. The third-order valence-corrected chi connectivity index (χ3v) is 2.05. The maximum Gasteiger partial charge on any atom is 0.285 e. The molecule has 5 heteroatoms. The number of benzene rings is 1. The summed E-state index contributed by atoms with van der Waals surface area (Å²) in [5, 5.41) is 0.601. The van der Waals surface area contributed by atoms with Crippen LogP contribution in [0.4, 0.5) is 4.39 Å². The Morgan fingerprint density at radius 3 is 2.13 bits per heavy atom. The summed E-state index contributed by atoms with van der Waals surface area (Å²) in [5.74, 6) is -1.08. The fraction of sp³-hybridized carbons (Fsp3) is 0.200. The van der Waals surface area contributed by atoms with E-state index in [9.17, 15) is 14.0 Å². The normalized spacial score (nSPS) is 14.6. The second kappa shape index (κ2) is 3.78. The minimum absolute atomic E-state index is 0.293. The van der Waals surface area contributed by atoms with Crippen molar-refractivity contribution >= 4 is 11.8 Å². The number of alkyl halides is 1. The van der Waals surface area contributed by atoms with Gasteiger partial charge in [0.15, 0.2) is 0 Å². The Labute approximate surface area is 85.2 Å². The van der Waals surface area contributed by atoms with Gasteiger partial charge in [-0.1, -0.05) is 12.1 Å². The van der Waals surface area contributed by atoms with E-state index < -0.39 is 18.5 Å². The maximum absolute atomic E-state index is 11.9. The molecule has 1 heterocycles. The molecule has 1 aromatic carbocycles. The first kappa shape index (κ1) is 9.79. The molecular formula is C10H8FNO3. The third-order valence-electron chi connectivity index (χ3n) is 2.05. The zero-order valence-corrected chi connectivity index (χ0v) is 7.77. The quantitative estimate of drug-likeness (QED) is 0.702. The highest BCUT2D eigenvalue weighted by molar-refractivity contribution is 6.20. The zero-order chi connectivity index (χ0) is 10.8. The van der Waals surface area contributed by atoms with Gasteiger partial charge in [-0.05, 0) is 12.1 Å². The van der Waals surface area contributed by atoms with Crippen LogP contribution in [-0.2, 0) is 4.84 Å². The van der Waals surface area contributed by atoms with Crippen molar-refractivity contribution in [1.82, 2.24) is 5.06 Å². The lowest BCUT2D eigenvalue weighted by Gasteiger charge is -2.11. The number of halogens is 1. The molecule has 4 nitrogen and oxygen atoms in total. The van der Waals surface area contributed by atoms with Crippen LogP contribution in [0.5, 0.6) is 0 Å². The minimum Gasteiger partial charge on any atom is -0.266 e. The summed E-state index contributed by atoms with van der Waals surface area (Å²) in [5.41, 5.74) is 0.586. The number of amides is 2. The first-order chi connectivity index (χ1) is 7.25. The maximum atomic E-state index is 11.9. The molecule has 0 unspecified atom stereocenters. The summed E-state index contributed by atoms with van der Waals surface area (Å²) in [6.07, 6.45) is 0. The minimum atomic E-state index is -0.743. The third kappa shape index (κ3) is 1.50. The molecule has 2 amide bonds. The van der Waals surface area contributed by atoms with Crippen LogP contribution in [0, 0.1) is 0 Å². The van der Waals surface area contributed by atoms with Crippen LogP contribution < -0.4 is 0 Å².